The van der Waals surface area contributed by atoms with Gasteiger partial charge in [0.25, 0.3) is 5.91 Å². The molecule has 0 spiro atoms. The fourth-order valence-electron chi connectivity index (χ4n) is 3.66. The molecule has 4 rings (SSSR count). The predicted octanol–water partition coefficient (Wildman–Crippen LogP) is 4.46. The number of benzene rings is 1. The number of nitrogens with one attached hydrogen (secondary N) is 2. The number of hydrogen-bond donors (Lipinski definition) is 2. The number of carbonyl (C=O) groups excluding carboxylic acids is 2. The largest absolute Gasteiger partial charge is 0.321 e. The molecule has 2 heterocycles. The summed E-state index contributed by atoms with van der Waals surface area (Å²) in [6, 6.07) is 9.46. The Bertz CT molecular complexity index is 1080. The van der Waals surface area contributed by atoms with Gasteiger partial charge in [-0.25, -0.2) is 4.98 Å². The number of rotatable bonds is 4. The topological polar surface area (TPSA) is 88.9 Å². The number of nitrogens with zero attached hydrogens (tertiary/aromatic N) is 3. The highest BCUT2D eigenvalue weighted by Gasteiger charge is 2.35. The van der Waals surface area contributed by atoms with Gasteiger partial charge in [-0.15, -0.1) is 0 Å². The van der Waals surface area contributed by atoms with Crippen molar-refractivity contribution in [1.82, 2.24) is 14.8 Å². The Kier molecular flexibility index (Phi) is 4.96. The number of carbonyl (C=O) groups is 2. The van der Waals surface area contributed by atoms with Crippen molar-refractivity contribution in [2.24, 2.45) is 0 Å². The van der Waals surface area contributed by atoms with E-state index in [-0.39, 0.29) is 23.8 Å². The van der Waals surface area contributed by atoms with Crippen LogP contribution in [0.3, 0.4) is 0 Å². The Labute approximate surface area is 173 Å². The molecule has 0 saturated carbocycles. The average Bonchev–Trinajstić information content (AvgIpc) is 3.23. The normalized spacial score (nSPS) is 15.0. The van der Waals surface area contributed by atoms with Crippen LogP contribution >= 0.6 is 11.3 Å². The second kappa shape index (κ2) is 7.44. The van der Waals surface area contributed by atoms with Crippen molar-refractivity contribution < 1.29 is 9.59 Å². The molecule has 0 fully saturated rings. The maximum Gasteiger partial charge on any atom is 0.276 e. The lowest BCUT2D eigenvalue weighted by Gasteiger charge is -2.20. The van der Waals surface area contributed by atoms with Crippen molar-refractivity contribution in [3.05, 3.63) is 47.3 Å². The third kappa shape index (κ3) is 3.55. The van der Waals surface area contributed by atoms with E-state index in [1.165, 1.54) is 18.3 Å². The number of fused-ring (bicyclic) bond motifs is 3. The van der Waals surface area contributed by atoms with Gasteiger partial charge in [0.15, 0.2) is 10.8 Å². The monoisotopic (exact) mass is 409 g/mol. The summed E-state index contributed by atoms with van der Waals surface area (Å²) in [5.41, 5.74) is 4.00. The zero-order valence-corrected chi connectivity index (χ0v) is 17.6. The van der Waals surface area contributed by atoms with Crippen LogP contribution in [0.1, 0.15) is 61.4 Å². The predicted molar refractivity (Wildman–Crippen MR) is 115 cm³/mol. The van der Waals surface area contributed by atoms with Crippen LogP contribution in [0.15, 0.2) is 30.3 Å². The van der Waals surface area contributed by atoms with Gasteiger partial charge in [0.1, 0.15) is 0 Å². The van der Waals surface area contributed by atoms with E-state index in [0.717, 1.165) is 27.5 Å². The van der Waals surface area contributed by atoms with E-state index < -0.39 is 0 Å². The van der Waals surface area contributed by atoms with Gasteiger partial charge in [0, 0.05) is 24.2 Å². The highest BCUT2D eigenvalue weighted by Crippen LogP contribution is 2.46. The van der Waals surface area contributed by atoms with Gasteiger partial charge in [-0.3, -0.25) is 14.3 Å². The van der Waals surface area contributed by atoms with Crippen LogP contribution in [0, 0.1) is 0 Å². The third-order valence-electron chi connectivity index (χ3n) is 4.87. The van der Waals surface area contributed by atoms with Gasteiger partial charge >= 0.3 is 0 Å². The van der Waals surface area contributed by atoms with E-state index >= 15 is 0 Å². The third-order valence-corrected chi connectivity index (χ3v) is 5.89. The molecule has 0 aliphatic heterocycles. The van der Waals surface area contributed by atoms with Crippen molar-refractivity contribution in [3.63, 3.8) is 0 Å². The van der Waals surface area contributed by atoms with Crippen LogP contribution < -0.4 is 10.6 Å². The summed E-state index contributed by atoms with van der Waals surface area (Å²) >= 11 is 1.43. The molecule has 3 aromatic rings. The number of amides is 2. The molecule has 0 radical (unpaired) electrons. The number of anilines is 2. The summed E-state index contributed by atoms with van der Waals surface area (Å²) in [5, 5.41) is 11.0. The Morgan fingerprint density at radius 3 is 2.59 bits per heavy atom. The van der Waals surface area contributed by atoms with Crippen molar-refractivity contribution in [2.75, 3.05) is 10.6 Å². The van der Waals surface area contributed by atoms with Gasteiger partial charge in [-0.1, -0.05) is 36.5 Å². The van der Waals surface area contributed by atoms with Crippen LogP contribution in [0.2, 0.25) is 0 Å². The molecule has 2 aromatic heterocycles. The molecule has 0 bridgehead atoms. The fourth-order valence-corrected chi connectivity index (χ4v) is 4.76. The first-order valence-electron chi connectivity index (χ1n) is 9.61. The first-order chi connectivity index (χ1) is 13.8. The maximum atomic E-state index is 13.1. The van der Waals surface area contributed by atoms with E-state index in [4.69, 9.17) is 5.10 Å². The summed E-state index contributed by atoms with van der Waals surface area (Å²) in [4.78, 5) is 30.1. The molecular formula is C21H23N5O2S. The highest BCUT2D eigenvalue weighted by molar-refractivity contribution is 7.19. The number of para-hydroxylation sites is 1. The molecular weight excluding hydrogens is 386 g/mol. The minimum Gasteiger partial charge on any atom is -0.321 e. The lowest BCUT2D eigenvalue weighted by Crippen LogP contribution is -2.17. The summed E-state index contributed by atoms with van der Waals surface area (Å²) in [6.07, 6.45) is 0.702. The minimum absolute atomic E-state index is 0.0755. The summed E-state index contributed by atoms with van der Waals surface area (Å²) in [6.45, 7) is 7.64. The van der Waals surface area contributed by atoms with Crippen LogP contribution in [0.25, 0.3) is 10.6 Å². The van der Waals surface area contributed by atoms with Crippen molar-refractivity contribution in [3.8, 4) is 10.6 Å². The van der Waals surface area contributed by atoms with E-state index in [2.05, 4.69) is 22.5 Å². The minimum atomic E-state index is -0.214. The molecule has 1 unspecified atom stereocenters. The molecule has 2 amide bonds. The SMILES string of the molecule is CC(=O)Nc1nc2c(s1)-c1c(c(C(=O)Nc3ccccc3)nn1C(C)C)C(C)C2. The summed E-state index contributed by atoms with van der Waals surface area (Å²) in [5.74, 6) is -0.271. The summed E-state index contributed by atoms with van der Waals surface area (Å²) in [7, 11) is 0. The average molecular weight is 410 g/mol. The molecule has 150 valence electrons. The first kappa shape index (κ1) is 19.3. The van der Waals surface area contributed by atoms with Crippen LogP contribution in [-0.2, 0) is 11.2 Å². The standard InChI is InChI=1S/C21H23N5O2S/c1-11(2)26-18-16(17(25-26)20(28)23-14-8-6-5-7-9-14)12(3)10-15-19(18)29-21(24-15)22-13(4)27/h5-9,11-12H,10H2,1-4H3,(H,23,28)(H,22,24,27). The Hall–Kier alpha value is -3.00. The van der Waals surface area contributed by atoms with E-state index in [0.29, 0.717) is 17.2 Å². The van der Waals surface area contributed by atoms with Gasteiger partial charge < -0.3 is 10.6 Å². The molecule has 29 heavy (non-hydrogen) atoms. The number of aromatic nitrogens is 3. The van der Waals surface area contributed by atoms with Gasteiger partial charge in [-0.05, 0) is 38.3 Å². The van der Waals surface area contributed by atoms with Crippen molar-refractivity contribution >= 4 is 34.0 Å². The molecule has 8 heteroatoms. The van der Waals surface area contributed by atoms with Gasteiger partial charge in [0.2, 0.25) is 5.91 Å². The Morgan fingerprint density at radius 1 is 1.21 bits per heavy atom. The van der Waals surface area contributed by atoms with E-state index in [9.17, 15) is 9.59 Å². The quantitative estimate of drug-likeness (QED) is 0.666. The highest BCUT2D eigenvalue weighted by atomic mass is 32.1. The van der Waals surface area contributed by atoms with Gasteiger partial charge in [0.05, 0.1) is 16.3 Å². The van der Waals surface area contributed by atoms with Gasteiger partial charge in [-0.2, -0.15) is 5.10 Å². The second-order valence-corrected chi connectivity index (χ2v) is 8.55. The Morgan fingerprint density at radius 2 is 1.93 bits per heavy atom. The van der Waals surface area contributed by atoms with Crippen LogP contribution in [-0.4, -0.2) is 26.6 Å². The first-order valence-corrected chi connectivity index (χ1v) is 10.4. The molecule has 1 atom stereocenters. The lowest BCUT2D eigenvalue weighted by molar-refractivity contribution is -0.114. The fraction of sp³-hybridized carbons (Fsp3) is 0.333. The van der Waals surface area contributed by atoms with Crippen LogP contribution in [0.5, 0.6) is 0 Å². The molecule has 2 N–H and O–H groups in total. The molecule has 0 saturated heterocycles. The van der Waals surface area contributed by atoms with E-state index in [1.807, 2.05) is 48.9 Å². The van der Waals surface area contributed by atoms with Crippen molar-refractivity contribution in [1.29, 1.82) is 0 Å². The zero-order valence-electron chi connectivity index (χ0n) is 16.8. The summed E-state index contributed by atoms with van der Waals surface area (Å²) < 4.78 is 1.90. The molecule has 7 nitrogen and oxygen atoms in total. The number of hydrogen-bond acceptors (Lipinski definition) is 5. The smallest absolute Gasteiger partial charge is 0.276 e. The molecule has 1 aromatic carbocycles. The van der Waals surface area contributed by atoms with Crippen LogP contribution in [0.4, 0.5) is 10.8 Å². The van der Waals surface area contributed by atoms with E-state index in [1.54, 1.807) is 0 Å². The second-order valence-electron chi connectivity index (χ2n) is 7.55. The Balaban J connectivity index is 1.81. The molecule has 1 aliphatic rings. The van der Waals surface area contributed by atoms with Crippen molar-refractivity contribution in [2.45, 2.75) is 46.1 Å². The molecule has 1 aliphatic carbocycles. The maximum absolute atomic E-state index is 13.1. The lowest BCUT2D eigenvalue weighted by atomic mass is 9.87. The zero-order chi connectivity index (χ0) is 20.7. The number of thiazole rings is 1.